The van der Waals surface area contributed by atoms with Crippen LogP contribution in [0.1, 0.15) is 45.5 Å². The SMILES string of the molecule is CCCc1nc(NC)c(C)c(N(C)CC(C)(C)C)n1. The van der Waals surface area contributed by atoms with Crippen LogP contribution in [-0.2, 0) is 6.42 Å². The highest BCUT2D eigenvalue weighted by molar-refractivity contribution is 5.58. The van der Waals surface area contributed by atoms with Crippen LogP contribution in [0, 0.1) is 12.3 Å². The van der Waals surface area contributed by atoms with E-state index < -0.39 is 0 Å². The lowest BCUT2D eigenvalue weighted by Crippen LogP contribution is -2.30. The quantitative estimate of drug-likeness (QED) is 0.886. The van der Waals surface area contributed by atoms with E-state index in [1.165, 1.54) is 0 Å². The third-order valence-corrected chi connectivity index (χ3v) is 2.95. The number of nitrogens with zero attached hydrogens (tertiary/aromatic N) is 3. The molecule has 0 aliphatic heterocycles. The summed E-state index contributed by atoms with van der Waals surface area (Å²) < 4.78 is 0. The summed E-state index contributed by atoms with van der Waals surface area (Å²) in [5, 5.41) is 3.17. The number of aromatic nitrogens is 2. The Morgan fingerprint density at radius 1 is 1.21 bits per heavy atom. The highest BCUT2D eigenvalue weighted by atomic mass is 15.2. The first-order valence-electron chi connectivity index (χ1n) is 7.05. The first-order chi connectivity index (χ1) is 8.78. The van der Waals surface area contributed by atoms with Gasteiger partial charge in [-0.1, -0.05) is 27.7 Å². The van der Waals surface area contributed by atoms with Crippen LogP contribution >= 0.6 is 0 Å². The molecule has 1 N–H and O–H groups in total. The molecule has 0 spiro atoms. The van der Waals surface area contributed by atoms with Gasteiger partial charge in [-0.3, -0.25) is 0 Å². The van der Waals surface area contributed by atoms with Crippen LogP contribution in [0.15, 0.2) is 0 Å². The summed E-state index contributed by atoms with van der Waals surface area (Å²) in [6, 6.07) is 0. The highest BCUT2D eigenvalue weighted by Crippen LogP contribution is 2.25. The smallest absolute Gasteiger partial charge is 0.137 e. The van der Waals surface area contributed by atoms with Gasteiger partial charge in [0, 0.05) is 32.6 Å². The van der Waals surface area contributed by atoms with Crippen molar-refractivity contribution >= 4 is 11.6 Å². The largest absolute Gasteiger partial charge is 0.373 e. The maximum atomic E-state index is 4.73. The Labute approximate surface area is 117 Å². The summed E-state index contributed by atoms with van der Waals surface area (Å²) in [6.07, 6.45) is 1.99. The summed E-state index contributed by atoms with van der Waals surface area (Å²) in [4.78, 5) is 11.5. The molecule has 0 amide bonds. The van der Waals surface area contributed by atoms with Gasteiger partial charge in [0.15, 0.2) is 0 Å². The Balaban J connectivity index is 3.13. The van der Waals surface area contributed by atoms with Gasteiger partial charge in [0.2, 0.25) is 0 Å². The third kappa shape index (κ3) is 4.37. The minimum absolute atomic E-state index is 0.247. The van der Waals surface area contributed by atoms with Crippen molar-refractivity contribution < 1.29 is 0 Å². The summed E-state index contributed by atoms with van der Waals surface area (Å²) in [5.74, 6) is 2.90. The minimum Gasteiger partial charge on any atom is -0.373 e. The molecule has 19 heavy (non-hydrogen) atoms. The Hall–Kier alpha value is -1.32. The van der Waals surface area contributed by atoms with E-state index in [0.29, 0.717) is 0 Å². The summed E-state index contributed by atoms with van der Waals surface area (Å²) >= 11 is 0. The van der Waals surface area contributed by atoms with Gasteiger partial charge in [-0.05, 0) is 18.8 Å². The molecule has 0 radical (unpaired) electrons. The maximum absolute atomic E-state index is 4.73. The first-order valence-corrected chi connectivity index (χ1v) is 7.05. The predicted molar refractivity (Wildman–Crippen MR) is 83.0 cm³/mol. The van der Waals surface area contributed by atoms with Crippen molar-refractivity contribution in [3.8, 4) is 0 Å². The van der Waals surface area contributed by atoms with Crippen LogP contribution in [0.25, 0.3) is 0 Å². The second kappa shape index (κ2) is 6.22. The fourth-order valence-electron chi connectivity index (χ4n) is 2.29. The van der Waals surface area contributed by atoms with E-state index in [2.05, 4.69) is 56.9 Å². The average Bonchev–Trinajstić information content (AvgIpc) is 2.29. The van der Waals surface area contributed by atoms with Crippen molar-refractivity contribution in [3.63, 3.8) is 0 Å². The molecule has 4 nitrogen and oxygen atoms in total. The second-order valence-corrected chi connectivity index (χ2v) is 6.35. The molecule has 0 atom stereocenters. The first kappa shape index (κ1) is 15.7. The fourth-order valence-corrected chi connectivity index (χ4v) is 2.29. The Kier molecular flexibility index (Phi) is 5.15. The zero-order chi connectivity index (χ0) is 14.6. The summed E-state index contributed by atoms with van der Waals surface area (Å²) in [6.45, 7) is 11.9. The van der Waals surface area contributed by atoms with E-state index in [-0.39, 0.29) is 5.41 Å². The molecule has 1 heterocycles. The van der Waals surface area contributed by atoms with Gasteiger partial charge in [-0.15, -0.1) is 0 Å². The van der Waals surface area contributed by atoms with Gasteiger partial charge in [-0.25, -0.2) is 9.97 Å². The van der Waals surface area contributed by atoms with Crippen molar-refractivity contribution in [1.29, 1.82) is 0 Å². The fraction of sp³-hybridized carbons (Fsp3) is 0.733. The van der Waals surface area contributed by atoms with Crippen LogP contribution in [0.4, 0.5) is 11.6 Å². The number of hydrogen-bond acceptors (Lipinski definition) is 4. The van der Waals surface area contributed by atoms with Crippen LogP contribution in [0.3, 0.4) is 0 Å². The van der Waals surface area contributed by atoms with Crippen LogP contribution in [0.2, 0.25) is 0 Å². The summed E-state index contributed by atoms with van der Waals surface area (Å²) in [7, 11) is 4.02. The average molecular weight is 264 g/mol. The van der Waals surface area contributed by atoms with Crippen molar-refractivity contribution in [1.82, 2.24) is 9.97 Å². The zero-order valence-corrected chi connectivity index (χ0v) is 13.5. The molecule has 4 heteroatoms. The molecule has 0 unspecified atom stereocenters. The van der Waals surface area contributed by atoms with Gasteiger partial charge in [0.25, 0.3) is 0 Å². The van der Waals surface area contributed by atoms with Crippen LogP contribution in [0.5, 0.6) is 0 Å². The molecule has 1 aromatic rings. The normalized spacial score (nSPS) is 11.5. The summed E-state index contributed by atoms with van der Waals surface area (Å²) in [5.41, 5.74) is 1.37. The van der Waals surface area contributed by atoms with Gasteiger partial charge in [0.05, 0.1) is 0 Å². The van der Waals surface area contributed by atoms with E-state index in [0.717, 1.165) is 42.4 Å². The number of rotatable bonds is 5. The van der Waals surface area contributed by atoms with E-state index >= 15 is 0 Å². The Bertz CT molecular complexity index is 421. The number of aryl methyl sites for hydroxylation is 1. The Morgan fingerprint density at radius 3 is 2.32 bits per heavy atom. The molecule has 0 saturated carbocycles. The zero-order valence-electron chi connectivity index (χ0n) is 13.5. The van der Waals surface area contributed by atoms with Gasteiger partial charge < -0.3 is 10.2 Å². The Morgan fingerprint density at radius 2 is 1.84 bits per heavy atom. The molecule has 0 fully saturated rings. The van der Waals surface area contributed by atoms with Crippen molar-refractivity contribution in [2.45, 2.75) is 47.5 Å². The number of nitrogens with one attached hydrogen (secondary N) is 1. The topological polar surface area (TPSA) is 41.1 Å². The molecule has 0 saturated heterocycles. The van der Waals surface area contributed by atoms with Gasteiger partial charge in [-0.2, -0.15) is 0 Å². The molecule has 1 rings (SSSR count). The predicted octanol–water partition coefficient (Wildman–Crippen LogP) is 3.26. The minimum atomic E-state index is 0.247. The molecule has 0 bridgehead atoms. The van der Waals surface area contributed by atoms with E-state index in [1.54, 1.807) is 0 Å². The van der Waals surface area contributed by atoms with Crippen LogP contribution in [-0.4, -0.2) is 30.6 Å². The van der Waals surface area contributed by atoms with Crippen molar-refractivity contribution in [3.05, 3.63) is 11.4 Å². The monoisotopic (exact) mass is 264 g/mol. The van der Waals surface area contributed by atoms with Gasteiger partial charge in [0.1, 0.15) is 17.5 Å². The number of hydrogen-bond donors (Lipinski definition) is 1. The van der Waals surface area contributed by atoms with E-state index in [1.807, 2.05) is 7.05 Å². The number of anilines is 2. The molecule has 1 aromatic heterocycles. The molecular weight excluding hydrogens is 236 g/mol. The molecule has 108 valence electrons. The molecular formula is C15H28N4. The molecule has 0 aliphatic rings. The van der Waals surface area contributed by atoms with E-state index in [9.17, 15) is 0 Å². The lowest BCUT2D eigenvalue weighted by atomic mass is 9.96. The van der Waals surface area contributed by atoms with Gasteiger partial charge >= 0.3 is 0 Å². The van der Waals surface area contributed by atoms with Crippen molar-refractivity contribution in [2.75, 3.05) is 30.9 Å². The lowest BCUT2D eigenvalue weighted by Gasteiger charge is -2.29. The highest BCUT2D eigenvalue weighted by Gasteiger charge is 2.18. The molecule has 0 aromatic carbocycles. The standard InChI is InChI=1S/C15H28N4/c1-8-9-12-17-13(16-6)11(2)14(18-12)19(7)10-15(3,4)5/h8-10H2,1-7H3,(H,16,17,18). The van der Waals surface area contributed by atoms with E-state index in [4.69, 9.17) is 4.98 Å². The molecule has 0 aliphatic carbocycles. The third-order valence-electron chi connectivity index (χ3n) is 2.95. The maximum Gasteiger partial charge on any atom is 0.137 e. The van der Waals surface area contributed by atoms with Crippen molar-refractivity contribution in [2.24, 2.45) is 5.41 Å². The van der Waals surface area contributed by atoms with Crippen LogP contribution < -0.4 is 10.2 Å². The second-order valence-electron chi connectivity index (χ2n) is 6.35. The lowest BCUT2D eigenvalue weighted by molar-refractivity contribution is 0.417.